The average molecular weight is 233 g/mol. The maximum atomic E-state index is 4.15. The molecule has 0 atom stereocenters. The van der Waals surface area contributed by atoms with E-state index in [2.05, 4.69) is 25.9 Å². The standard InChI is InChI=1S/C7H9BrN2S/c1-11-7-9-4-6(2-3-8)5-10-7/h4-5H,2-3H2,1H3. The SMILES string of the molecule is CSc1ncc(CCBr)cn1. The van der Waals surface area contributed by atoms with Crippen LogP contribution in [-0.2, 0) is 6.42 Å². The number of rotatable bonds is 3. The lowest BCUT2D eigenvalue weighted by atomic mass is 10.3. The Bertz CT molecular complexity index is 212. The lowest BCUT2D eigenvalue weighted by Gasteiger charge is -1.96. The van der Waals surface area contributed by atoms with E-state index < -0.39 is 0 Å². The Labute approximate surface area is 79.0 Å². The second-order valence-electron chi connectivity index (χ2n) is 2.02. The van der Waals surface area contributed by atoms with Gasteiger partial charge in [-0.1, -0.05) is 27.7 Å². The van der Waals surface area contributed by atoms with E-state index in [0.29, 0.717) is 0 Å². The zero-order valence-corrected chi connectivity index (χ0v) is 8.65. The van der Waals surface area contributed by atoms with Gasteiger partial charge in [0.05, 0.1) is 0 Å². The van der Waals surface area contributed by atoms with Crippen LogP contribution in [0.5, 0.6) is 0 Å². The Kier molecular flexibility index (Phi) is 3.86. The molecule has 1 heterocycles. The number of alkyl halides is 1. The Balaban J connectivity index is 2.66. The van der Waals surface area contributed by atoms with Crippen molar-refractivity contribution in [3.05, 3.63) is 18.0 Å². The van der Waals surface area contributed by atoms with Crippen LogP contribution in [0.15, 0.2) is 17.6 Å². The molecule has 60 valence electrons. The number of hydrogen-bond donors (Lipinski definition) is 0. The third-order valence-electron chi connectivity index (χ3n) is 1.25. The smallest absolute Gasteiger partial charge is 0.187 e. The summed E-state index contributed by atoms with van der Waals surface area (Å²) >= 11 is 4.92. The molecule has 0 N–H and O–H groups in total. The number of hydrogen-bond acceptors (Lipinski definition) is 3. The number of aryl methyl sites for hydroxylation is 1. The van der Waals surface area contributed by atoms with Crippen LogP contribution in [-0.4, -0.2) is 21.6 Å². The second-order valence-corrected chi connectivity index (χ2v) is 3.58. The fourth-order valence-corrected chi connectivity index (χ4v) is 1.46. The summed E-state index contributed by atoms with van der Waals surface area (Å²) in [4.78, 5) is 8.29. The number of aromatic nitrogens is 2. The molecule has 0 radical (unpaired) electrons. The molecule has 0 aliphatic heterocycles. The fourth-order valence-electron chi connectivity index (χ4n) is 0.687. The third-order valence-corrected chi connectivity index (χ3v) is 2.22. The van der Waals surface area contributed by atoms with Gasteiger partial charge in [0.2, 0.25) is 0 Å². The van der Waals surface area contributed by atoms with Gasteiger partial charge in [0.15, 0.2) is 5.16 Å². The molecule has 0 aromatic carbocycles. The van der Waals surface area contributed by atoms with Crippen LogP contribution in [0.2, 0.25) is 0 Å². The Morgan fingerprint density at radius 2 is 2.09 bits per heavy atom. The zero-order chi connectivity index (χ0) is 8.10. The van der Waals surface area contributed by atoms with E-state index in [1.54, 1.807) is 11.8 Å². The van der Waals surface area contributed by atoms with Gasteiger partial charge in [-0.05, 0) is 18.2 Å². The molecule has 11 heavy (non-hydrogen) atoms. The van der Waals surface area contributed by atoms with E-state index in [-0.39, 0.29) is 0 Å². The Morgan fingerprint density at radius 3 is 2.55 bits per heavy atom. The van der Waals surface area contributed by atoms with Gasteiger partial charge in [-0.2, -0.15) is 0 Å². The molecule has 0 amide bonds. The molecule has 4 heteroatoms. The molecular formula is C7H9BrN2S. The summed E-state index contributed by atoms with van der Waals surface area (Å²) in [7, 11) is 0. The highest BCUT2D eigenvalue weighted by atomic mass is 79.9. The highest BCUT2D eigenvalue weighted by Gasteiger charge is 1.94. The monoisotopic (exact) mass is 232 g/mol. The minimum Gasteiger partial charge on any atom is -0.231 e. The summed E-state index contributed by atoms with van der Waals surface area (Å²) in [6.45, 7) is 0. The molecule has 0 saturated heterocycles. The summed E-state index contributed by atoms with van der Waals surface area (Å²) in [6.07, 6.45) is 6.72. The predicted molar refractivity (Wildman–Crippen MR) is 51.3 cm³/mol. The molecule has 0 spiro atoms. The molecule has 0 aliphatic rings. The minimum absolute atomic E-state index is 0.836. The first-order chi connectivity index (χ1) is 5.36. The van der Waals surface area contributed by atoms with E-state index in [1.807, 2.05) is 18.6 Å². The van der Waals surface area contributed by atoms with Gasteiger partial charge in [-0.15, -0.1) is 0 Å². The van der Waals surface area contributed by atoms with E-state index in [0.717, 1.165) is 16.9 Å². The first kappa shape index (κ1) is 9.00. The predicted octanol–water partition coefficient (Wildman–Crippen LogP) is 2.14. The summed E-state index contributed by atoms with van der Waals surface area (Å²) in [5.74, 6) is 0. The molecule has 1 aromatic heterocycles. The maximum absolute atomic E-state index is 4.15. The lowest BCUT2D eigenvalue weighted by Crippen LogP contribution is -1.91. The molecule has 0 bridgehead atoms. The van der Waals surface area contributed by atoms with Crippen LogP contribution < -0.4 is 0 Å². The Hall–Kier alpha value is -0.0900. The highest BCUT2D eigenvalue weighted by Crippen LogP contribution is 2.07. The van der Waals surface area contributed by atoms with Gasteiger partial charge in [-0.25, -0.2) is 9.97 Å². The van der Waals surface area contributed by atoms with Crippen molar-refractivity contribution in [3.63, 3.8) is 0 Å². The zero-order valence-electron chi connectivity index (χ0n) is 6.25. The fraction of sp³-hybridized carbons (Fsp3) is 0.429. The second kappa shape index (κ2) is 4.72. The van der Waals surface area contributed by atoms with E-state index in [1.165, 1.54) is 5.56 Å². The molecular weight excluding hydrogens is 224 g/mol. The van der Waals surface area contributed by atoms with Gasteiger partial charge in [0, 0.05) is 17.7 Å². The van der Waals surface area contributed by atoms with Gasteiger partial charge < -0.3 is 0 Å². The van der Waals surface area contributed by atoms with Crippen LogP contribution in [0.25, 0.3) is 0 Å². The lowest BCUT2D eigenvalue weighted by molar-refractivity contribution is 0.931. The van der Waals surface area contributed by atoms with Crippen molar-refractivity contribution in [3.8, 4) is 0 Å². The number of halogens is 1. The largest absolute Gasteiger partial charge is 0.231 e. The number of nitrogens with zero attached hydrogens (tertiary/aromatic N) is 2. The maximum Gasteiger partial charge on any atom is 0.187 e. The summed E-state index contributed by atoms with van der Waals surface area (Å²) in [6, 6.07) is 0. The molecule has 0 saturated carbocycles. The molecule has 1 aromatic rings. The van der Waals surface area contributed by atoms with Crippen molar-refractivity contribution < 1.29 is 0 Å². The molecule has 0 aliphatic carbocycles. The van der Waals surface area contributed by atoms with Gasteiger partial charge in [0.25, 0.3) is 0 Å². The number of thioether (sulfide) groups is 1. The summed E-state index contributed by atoms with van der Waals surface area (Å²) < 4.78 is 0. The quantitative estimate of drug-likeness (QED) is 0.454. The first-order valence-electron chi connectivity index (χ1n) is 3.27. The Morgan fingerprint density at radius 1 is 1.45 bits per heavy atom. The van der Waals surface area contributed by atoms with Crippen LogP contribution >= 0.6 is 27.7 Å². The van der Waals surface area contributed by atoms with Crippen molar-refractivity contribution in [1.29, 1.82) is 0 Å². The topological polar surface area (TPSA) is 25.8 Å². The van der Waals surface area contributed by atoms with E-state index >= 15 is 0 Å². The summed E-state index contributed by atoms with van der Waals surface area (Å²) in [5.41, 5.74) is 1.18. The molecule has 2 nitrogen and oxygen atoms in total. The van der Waals surface area contributed by atoms with Gasteiger partial charge >= 0.3 is 0 Å². The van der Waals surface area contributed by atoms with Crippen molar-refractivity contribution in [1.82, 2.24) is 9.97 Å². The minimum atomic E-state index is 0.836. The van der Waals surface area contributed by atoms with Crippen molar-refractivity contribution in [2.75, 3.05) is 11.6 Å². The van der Waals surface area contributed by atoms with Crippen LogP contribution in [0.1, 0.15) is 5.56 Å². The highest BCUT2D eigenvalue weighted by molar-refractivity contribution is 9.09. The average Bonchev–Trinajstić information content (AvgIpc) is 2.07. The molecule has 1 rings (SSSR count). The van der Waals surface area contributed by atoms with Crippen molar-refractivity contribution >= 4 is 27.7 Å². The third kappa shape index (κ3) is 2.79. The van der Waals surface area contributed by atoms with Gasteiger partial charge in [0.1, 0.15) is 0 Å². The molecule has 0 fully saturated rings. The first-order valence-corrected chi connectivity index (χ1v) is 5.62. The van der Waals surface area contributed by atoms with Crippen LogP contribution in [0.4, 0.5) is 0 Å². The van der Waals surface area contributed by atoms with Crippen molar-refractivity contribution in [2.24, 2.45) is 0 Å². The van der Waals surface area contributed by atoms with Gasteiger partial charge in [-0.3, -0.25) is 0 Å². The van der Waals surface area contributed by atoms with Crippen LogP contribution in [0, 0.1) is 0 Å². The van der Waals surface area contributed by atoms with E-state index in [9.17, 15) is 0 Å². The molecule has 0 unspecified atom stereocenters. The normalized spacial score (nSPS) is 10.0. The van der Waals surface area contributed by atoms with Crippen molar-refractivity contribution in [2.45, 2.75) is 11.6 Å². The van der Waals surface area contributed by atoms with Crippen LogP contribution in [0.3, 0.4) is 0 Å². The summed E-state index contributed by atoms with van der Waals surface area (Å²) in [5, 5.41) is 1.80. The van der Waals surface area contributed by atoms with E-state index in [4.69, 9.17) is 0 Å².